The van der Waals surface area contributed by atoms with Gasteiger partial charge >= 0.3 is 6.18 Å². The zero-order chi connectivity index (χ0) is 23.0. The molecular weight excluding hydrogens is 435 g/mol. The molecule has 3 atom stereocenters. The molecular formula is C23H26F3N5O2. The van der Waals surface area contributed by atoms with Crippen LogP contribution >= 0.6 is 0 Å². The number of aromatic amines is 2. The fourth-order valence-electron chi connectivity index (χ4n) is 5.35. The molecule has 1 saturated heterocycles. The van der Waals surface area contributed by atoms with Gasteiger partial charge in [-0.2, -0.15) is 18.3 Å². The highest BCUT2D eigenvalue weighted by molar-refractivity contribution is 6.08. The van der Waals surface area contributed by atoms with Gasteiger partial charge in [0, 0.05) is 36.4 Å². The highest BCUT2D eigenvalue weighted by Crippen LogP contribution is 2.43. The standard InChI is InChI=1S/C23H26F3N5O2/c24-23(25,26)13-31-11-15-7-14(8-16(15)12-31)4-6-33-17-1-2-19-18(9-17)21(10-27-19)29-22(32)20-3-5-28-30-20/h1-3,5,9-10,14-16,27H,4,6-8,11-13H2,(H,28,30)(H,29,32)/t14?,15-,16+. The maximum absolute atomic E-state index is 12.6. The molecule has 3 heterocycles. The molecule has 3 aromatic rings. The molecule has 10 heteroatoms. The summed E-state index contributed by atoms with van der Waals surface area (Å²) in [6.07, 6.45) is 1.98. The number of nitrogens with one attached hydrogen (secondary N) is 3. The number of carbonyl (C=O) groups is 1. The molecule has 1 amide bonds. The second kappa shape index (κ2) is 8.74. The summed E-state index contributed by atoms with van der Waals surface area (Å²) in [5.41, 5.74) is 1.91. The van der Waals surface area contributed by atoms with E-state index in [4.69, 9.17) is 4.74 Å². The smallest absolute Gasteiger partial charge is 0.401 e. The lowest BCUT2D eigenvalue weighted by Crippen LogP contribution is -2.33. The number of alkyl halides is 3. The third kappa shape index (κ3) is 5.00. The number of H-pyrrole nitrogens is 2. The molecule has 33 heavy (non-hydrogen) atoms. The van der Waals surface area contributed by atoms with Gasteiger partial charge in [-0.25, -0.2) is 0 Å². The Morgan fingerprint density at radius 2 is 2.00 bits per heavy atom. The molecule has 5 rings (SSSR count). The first kappa shape index (κ1) is 21.8. The van der Waals surface area contributed by atoms with Crippen LogP contribution in [0.25, 0.3) is 10.9 Å². The summed E-state index contributed by atoms with van der Waals surface area (Å²) in [6, 6.07) is 7.29. The number of fused-ring (bicyclic) bond motifs is 2. The number of ether oxygens (including phenoxy) is 1. The lowest BCUT2D eigenvalue weighted by Gasteiger charge is -2.20. The van der Waals surface area contributed by atoms with Crippen LogP contribution in [0, 0.1) is 17.8 Å². The van der Waals surface area contributed by atoms with Crippen molar-refractivity contribution in [3.63, 3.8) is 0 Å². The number of halogens is 3. The van der Waals surface area contributed by atoms with Crippen LogP contribution in [0.3, 0.4) is 0 Å². The number of likely N-dealkylation sites (tertiary alicyclic amines) is 1. The van der Waals surface area contributed by atoms with Crippen LogP contribution in [-0.4, -0.2) is 58.4 Å². The van der Waals surface area contributed by atoms with Crippen molar-refractivity contribution in [1.29, 1.82) is 0 Å². The number of anilines is 1. The molecule has 0 radical (unpaired) electrons. The molecule has 1 aromatic carbocycles. The number of hydrogen-bond donors (Lipinski definition) is 3. The van der Waals surface area contributed by atoms with Gasteiger partial charge in [-0.3, -0.25) is 14.8 Å². The number of carbonyl (C=O) groups excluding carboxylic acids is 1. The van der Waals surface area contributed by atoms with Gasteiger partial charge < -0.3 is 15.0 Å². The van der Waals surface area contributed by atoms with Crippen molar-refractivity contribution in [2.24, 2.45) is 17.8 Å². The first-order valence-corrected chi connectivity index (χ1v) is 11.2. The molecule has 1 saturated carbocycles. The Hall–Kier alpha value is -3.01. The minimum atomic E-state index is -4.12. The topological polar surface area (TPSA) is 86.0 Å². The zero-order valence-electron chi connectivity index (χ0n) is 18.0. The number of aromatic nitrogens is 3. The van der Waals surface area contributed by atoms with E-state index in [0.717, 1.165) is 30.2 Å². The highest BCUT2D eigenvalue weighted by Gasteiger charge is 2.43. The number of benzene rings is 1. The fraction of sp³-hybridized carbons (Fsp3) is 0.478. The van der Waals surface area contributed by atoms with Gasteiger partial charge in [0.1, 0.15) is 11.4 Å². The van der Waals surface area contributed by atoms with Gasteiger partial charge in [-0.15, -0.1) is 0 Å². The Morgan fingerprint density at radius 3 is 2.70 bits per heavy atom. The van der Waals surface area contributed by atoms with Crippen molar-refractivity contribution in [3.05, 3.63) is 42.4 Å². The summed E-state index contributed by atoms with van der Waals surface area (Å²) in [5.74, 6) is 1.67. The van der Waals surface area contributed by atoms with Crippen LogP contribution in [0.2, 0.25) is 0 Å². The quantitative estimate of drug-likeness (QED) is 0.486. The third-order valence-electron chi connectivity index (χ3n) is 6.77. The summed E-state index contributed by atoms with van der Waals surface area (Å²) in [6.45, 7) is 0.874. The molecule has 2 aliphatic rings. The van der Waals surface area contributed by atoms with Crippen LogP contribution < -0.4 is 10.1 Å². The largest absolute Gasteiger partial charge is 0.494 e. The van der Waals surface area contributed by atoms with Gasteiger partial charge in [-0.05, 0) is 61.3 Å². The van der Waals surface area contributed by atoms with E-state index >= 15 is 0 Å². The van der Waals surface area contributed by atoms with E-state index in [1.807, 2.05) is 18.2 Å². The molecule has 1 unspecified atom stereocenters. The zero-order valence-corrected chi connectivity index (χ0v) is 18.0. The summed E-state index contributed by atoms with van der Waals surface area (Å²) < 4.78 is 43.9. The normalized spacial score (nSPS) is 23.2. The summed E-state index contributed by atoms with van der Waals surface area (Å²) >= 11 is 0. The van der Waals surface area contributed by atoms with Gasteiger partial charge in [-0.1, -0.05) is 0 Å². The van der Waals surface area contributed by atoms with E-state index in [0.29, 0.717) is 54.6 Å². The summed E-state index contributed by atoms with van der Waals surface area (Å²) in [5, 5.41) is 10.1. The first-order chi connectivity index (χ1) is 15.8. The molecule has 2 aromatic heterocycles. The van der Waals surface area contributed by atoms with Gasteiger partial charge in [0.2, 0.25) is 0 Å². The molecule has 176 valence electrons. The Kier molecular flexibility index (Phi) is 5.77. The molecule has 7 nitrogen and oxygen atoms in total. The summed E-state index contributed by atoms with van der Waals surface area (Å²) in [4.78, 5) is 17.0. The first-order valence-electron chi connectivity index (χ1n) is 11.2. The molecule has 1 aliphatic carbocycles. The van der Waals surface area contributed by atoms with Crippen LogP contribution in [0.15, 0.2) is 36.7 Å². The molecule has 1 aliphatic heterocycles. The minimum absolute atomic E-state index is 0.277. The monoisotopic (exact) mass is 461 g/mol. The average Bonchev–Trinajstić information content (AvgIpc) is 3.51. The Labute approximate surface area is 188 Å². The van der Waals surface area contributed by atoms with E-state index < -0.39 is 12.7 Å². The number of rotatable bonds is 7. The third-order valence-corrected chi connectivity index (χ3v) is 6.77. The lowest BCUT2D eigenvalue weighted by molar-refractivity contribution is -0.144. The molecule has 0 bridgehead atoms. The highest BCUT2D eigenvalue weighted by atomic mass is 19.4. The Balaban J connectivity index is 1.13. The van der Waals surface area contributed by atoms with Crippen LogP contribution in [-0.2, 0) is 0 Å². The number of hydrogen-bond acceptors (Lipinski definition) is 4. The van der Waals surface area contributed by atoms with Crippen LogP contribution in [0.5, 0.6) is 5.75 Å². The molecule has 0 spiro atoms. The number of amides is 1. The van der Waals surface area contributed by atoms with Gasteiger partial charge in [0.25, 0.3) is 5.91 Å². The van der Waals surface area contributed by atoms with Crippen molar-refractivity contribution in [1.82, 2.24) is 20.1 Å². The fourth-order valence-corrected chi connectivity index (χ4v) is 5.35. The van der Waals surface area contributed by atoms with Crippen molar-refractivity contribution in [3.8, 4) is 5.75 Å². The van der Waals surface area contributed by atoms with Gasteiger partial charge in [0.15, 0.2) is 0 Å². The maximum atomic E-state index is 12.6. The van der Waals surface area contributed by atoms with Crippen molar-refractivity contribution >= 4 is 22.5 Å². The SMILES string of the molecule is O=C(Nc1c[nH]c2ccc(OCCC3C[C@@H]4CN(CC(F)(F)F)C[C@@H]4C3)cc12)c1ccn[nH]1. The van der Waals surface area contributed by atoms with E-state index in [1.54, 1.807) is 17.2 Å². The number of nitrogens with zero attached hydrogens (tertiary/aromatic N) is 2. The average molecular weight is 461 g/mol. The molecule has 2 fully saturated rings. The second-order valence-corrected chi connectivity index (χ2v) is 9.14. The maximum Gasteiger partial charge on any atom is 0.401 e. The second-order valence-electron chi connectivity index (χ2n) is 9.14. The lowest BCUT2D eigenvalue weighted by atomic mass is 10.0. The van der Waals surface area contributed by atoms with E-state index in [9.17, 15) is 18.0 Å². The van der Waals surface area contributed by atoms with Crippen LogP contribution in [0.1, 0.15) is 29.8 Å². The minimum Gasteiger partial charge on any atom is -0.494 e. The predicted octanol–water partition coefficient (Wildman–Crippen LogP) is 4.43. The Bertz CT molecular complexity index is 1100. The van der Waals surface area contributed by atoms with E-state index in [2.05, 4.69) is 20.5 Å². The summed E-state index contributed by atoms with van der Waals surface area (Å²) in [7, 11) is 0. The predicted molar refractivity (Wildman–Crippen MR) is 117 cm³/mol. The Morgan fingerprint density at radius 1 is 1.21 bits per heavy atom. The van der Waals surface area contributed by atoms with Gasteiger partial charge in [0.05, 0.1) is 18.8 Å². The van der Waals surface area contributed by atoms with Crippen molar-refractivity contribution in [2.75, 3.05) is 31.6 Å². The van der Waals surface area contributed by atoms with E-state index in [1.165, 1.54) is 6.20 Å². The van der Waals surface area contributed by atoms with Crippen molar-refractivity contribution in [2.45, 2.75) is 25.4 Å². The van der Waals surface area contributed by atoms with E-state index in [-0.39, 0.29) is 5.91 Å². The molecule has 3 N–H and O–H groups in total. The van der Waals surface area contributed by atoms with Crippen molar-refractivity contribution < 1.29 is 22.7 Å². The van der Waals surface area contributed by atoms with Crippen LogP contribution in [0.4, 0.5) is 18.9 Å².